The summed E-state index contributed by atoms with van der Waals surface area (Å²) in [6.45, 7) is 4.90. The van der Waals surface area contributed by atoms with Crippen molar-refractivity contribution < 1.29 is 17.9 Å². The molecule has 6 nitrogen and oxygen atoms in total. The van der Waals surface area contributed by atoms with Crippen LogP contribution in [0.5, 0.6) is 5.75 Å². The molecule has 0 bridgehead atoms. The summed E-state index contributed by atoms with van der Waals surface area (Å²) in [7, 11) is -3.61. The van der Waals surface area contributed by atoms with Crippen molar-refractivity contribution in [1.29, 1.82) is 0 Å². The van der Waals surface area contributed by atoms with Crippen LogP contribution in [-0.4, -0.2) is 38.3 Å². The van der Waals surface area contributed by atoms with Gasteiger partial charge in [-0.3, -0.25) is 4.79 Å². The molecule has 0 saturated carbocycles. The third-order valence-electron chi connectivity index (χ3n) is 4.86. The van der Waals surface area contributed by atoms with Crippen LogP contribution in [0.2, 0.25) is 0 Å². The van der Waals surface area contributed by atoms with E-state index in [1.54, 1.807) is 36.4 Å². The highest BCUT2D eigenvalue weighted by atomic mass is 32.2. The summed E-state index contributed by atoms with van der Waals surface area (Å²) in [6.07, 6.45) is 1.30. The molecule has 1 amide bonds. The second-order valence-electron chi connectivity index (χ2n) is 6.93. The quantitative estimate of drug-likeness (QED) is 0.803. The van der Waals surface area contributed by atoms with Gasteiger partial charge in [-0.05, 0) is 51.0 Å². The van der Waals surface area contributed by atoms with Crippen LogP contribution >= 0.6 is 0 Å². The topological polar surface area (TPSA) is 75.7 Å². The van der Waals surface area contributed by atoms with Gasteiger partial charge in [-0.25, -0.2) is 8.42 Å². The number of anilines is 1. The minimum absolute atomic E-state index is 0.179. The predicted molar refractivity (Wildman–Crippen MR) is 109 cm³/mol. The van der Waals surface area contributed by atoms with E-state index in [2.05, 4.69) is 5.32 Å². The number of carbonyl (C=O) groups is 1. The number of nitrogens with one attached hydrogen (secondary N) is 1. The molecule has 3 rings (SSSR count). The Labute approximate surface area is 166 Å². The van der Waals surface area contributed by atoms with Crippen molar-refractivity contribution >= 4 is 21.6 Å². The minimum Gasteiger partial charge on any atom is -0.492 e. The van der Waals surface area contributed by atoms with Gasteiger partial charge in [-0.1, -0.05) is 29.8 Å². The fourth-order valence-corrected chi connectivity index (χ4v) is 4.84. The Balaban J connectivity index is 1.72. The molecule has 1 unspecified atom stereocenters. The first-order valence-corrected chi connectivity index (χ1v) is 11.0. The van der Waals surface area contributed by atoms with E-state index < -0.39 is 15.9 Å². The van der Waals surface area contributed by atoms with Crippen molar-refractivity contribution in [2.75, 3.05) is 25.0 Å². The first-order valence-electron chi connectivity index (χ1n) is 9.51. The van der Waals surface area contributed by atoms with Crippen molar-refractivity contribution in [3.8, 4) is 5.75 Å². The number of para-hydroxylation sites is 2. The molecule has 1 atom stereocenters. The second kappa shape index (κ2) is 8.75. The first-order chi connectivity index (χ1) is 13.4. The van der Waals surface area contributed by atoms with E-state index in [9.17, 15) is 13.2 Å². The van der Waals surface area contributed by atoms with Crippen LogP contribution in [0, 0.1) is 12.8 Å². The summed E-state index contributed by atoms with van der Waals surface area (Å²) in [5.41, 5.74) is 1.61. The number of aryl methyl sites for hydroxylation is 1. The molecule has 1 heterocycles. The third-order valence-corrected chi connectivity index (χ3v) is 6.74. The Morgan fingerprint density at radius 3 is 2.61 bits per heavy atom. The highest BCUT2D eigenvalue weighted by Gasteiger charge is 2.33. The number of amides is 1. The zero-order chi connectivity index (χ0) is 20.1. The van der Waals surface area contributed by atoms with Crippen molar-refractivity contribution in [3.63, 3.8) is 0 Å². The Hall–Kier alpha value is -2.38. The summed E-state index contributed by atoms with van der Waals surface area (Å²) < 4.78 is 32.8. The Morgan fingerprint density at radius 2 is 1.89 bits per heavy atom. The van der Waals surface area contributed by atoms with Gasteiger partial charge in [0, 0.05) is 13.1 Å². The number of piperidine rings is 1. The van der Waals surface area contributed by atoms with Crippen LogP contribution in [0.15, 0.2) is 53.4 Å². The lowest BCUT2D eigenvalue weighted by molar-refractivity contribution is -0.120. The summed E-state index contributed by atoms with van der Waals surface area (Å²) in [4.78, 5) is 13.1. The monoisotopic (exact) mass is 402 g/mol. The van der Waals surface area contributed by atoms with Gasteiger partial charge in [-0.15, -0.1) is 0 Å². The molecule has 7 heteroatoms. The van der Waals surface area contributed by atoms with Gasteiger partial charge >= 0.3 is 0 Å². The van der Waals surface area contributed by atoms with Crippen molar-refractivity contribution in [2.24, 2.45) is 5.92 Å². The first kappa shape index (κ1) is 20.4. The average Bonchev–Trinajstić information content (AvgIpc) is 2.70. The van der Waals surface area contributed by atoms with Crippen molar-refractivity contribution in [3.05, 3.63) is 54.1 Å². The van der Waals surface area contributed by atoms with Gasteiger partial charge < -0.3 is 10.1 Å². The Bertz CT molecular complexity index is 926. The second-order valence-corrected chi connectivity index (χ2v) is 8.87. The molecule has 1 fully saturated rings. The smallest absolute Gasteiger partial charge is 0.243 e. The van der Waals surface area contributed by atoms with Crippen LogP contribution in [-0.2, 0) is 14.8 Å². The highest BCUT2D eigenvalue weighted by Crippen LogP contribution is 2.28. The fourth-order valence-electron chi connectivity index (χ4n) is 3.32. The van der Waals surface area contributed by atoms with E-state index in [4.69, 9.17) is 4.74 Å². The number of carbonyl (C=O) groups excluding carboxylic acids is 1. The van der Waals surface area contributed by atoms with Crippen LogP contribution in [0.3, 0.4) is 0 Å². The fraction of sp³-hybridized carbons (Fsp3) is 0.381. The molecule has 0 spiro atoms. The van der Waals surface area contributed by atoms with Crippen LogP contribution in [0.4, 0.5) is 5.69 Å². The maximum absolute atomic E-state index is 12.9. The molecule has 28 heavy (non-hydrogen) atoms. The van der Waals surface area contributed by atoms with Gasteiger partial charge in [-0.2, -0.15) is 4.31 Å². The van der Waals surface area contributed by atoms with Crippen LogP contribution in [0.1, 0.15) is 25.3 Å². The minimum atomic E-state index is -3.61. The van der Waals surface area contributed by atoms with E-state index in [0.717, 1.165) is 5.56 Å². The third kappa shape index (κ3) is 4.54. The van der Waals surface area contributed by atoms with E-state index >= 15 is 0 Å². The van der Waals surface area contributed by atoms with E-state index in [-0.39, 0.29) is 17.3 Å². The van der Waals surface area contributed by atoms with E-state index in [1.807, 2.05) is 26.0 Å². The van der Waals surface area contributed by atoms with E-state index in [0.29, 0.717) is 37.4 Å². The number of hydrogen-bond acceptors (Lipinski definition) is 4. The zero-order valence-electron chi connectivity index (χ0n) is 16.2. The number of sulfonamides is 1. The molecule has 1 N–H and O–H groups in total. The molecule has 0 aromatic heterocycles. The predicted octanol–water partition coefficient (Wildman–Crippen LogP) is 3.43. The summed E-state index contributed by atoms with van der Waals surface area (Å²) >= 11 is 0. The van der Waals surface area contributed by atoms with Gasteiger partial charge in [0.1, 0.15) is 5.75 Å². The number of hydrogen-bond donors (Lipinski definition) is 1. The molecular weight excluding hydrogens is 376 g/mol. The lowest BCUT2D eigenvalue weighted by Gasteiger charge is -2.31. The maximum atomic E-state index is 12.9. The molecule has 1 aliphatic heterocycles. The lowest BCUT2D eigenvalue weighted by Crippen LogP contribution is -2.43. The number of rotatable bonds is 6. The summed E-state index contributed by atoms with van der Waals surface area (Å²) in [5, 5.41) is 2.90. The summed E-state index contributed by atoms with van der Waals surface area (Å²) in [5.74, 6) is 0.0258. The molecule has 0 radical (unpaired) electrons. The Kier molecular flexibility index (Phi) is 6.36. The maximum Gasteiger partial charge on any atom is 0.243 e. The molecule has 2 aromatic rings. The largest absolute Gasteiger partial charge is 0.492 e. The molecular formula is C21H26N2O4S. The van der Waals surface area contributed by atoms with Crippen molar-refractivity contribution in [1.82, 2.24) is 4.31 Å². The molecule has 0 aliphatic carbocycles. The van der Waals surface area contributed by atoms with Crippen LogP contribution in [0.25, 0.3) is 0 Å². The lowest BCUT2D eigenvalue weighted by atomic mass is 9.98. The molecule has 2 aromatic carbocycles. The Morgan fingerprint density at radius 1 is 1.18 bits per heavy atom. The normalized spacial score (nSPS) is 17.9. The van der Waals surface area contributed by atoms with Crippen molar-refractivity contribution in [2.45, 2.75) is 31.6 Å². The summed E-state index contributed by atoms with van der Waals surface area (Å²) in [6, 6.07) is 14.1. The van der Waals surface area contributed by atoms with E-state index in [1.165, 1.54) is 4.31 Å². The number of ether oxygens (including phenoxy) is 1. The zero-order valence-corrected chi connectivity index (χ0v) is 17.0. The molecule has 150 valence electrons. The standard InChI is InChI=1S/C21H26N2O4S/c1-3-27-20-9-5-4-8-19(20)22-21(24)17-7-6-14-23(15-17)28(25,26)18-12-10-16(2)11-13-18/h4-5,8-13,17H,3,6-7,14-15H2,1-2H3,(H,22,24). The van der Waals surface area contributed by atoms with Gasteiger partial charge in [0.2, 0.25) is 15.9 Å². The van der Waals surface area contributed by atoms with Gasteiger partial charge in [0.05, 0.1) is 23.1 Å². The van der Waals surface area contributed by atoms with Gasteiger partial charge in [0.15, 0.2) is 0 Å². The molecule has 1 saturated heterocycles. The highest BCUT2D eigenvalue weighted by molar-refractivity contribution is 7.89. The average molecular weight is 403 g/mol. The molecule has 1 aliphatic rings. The number of nitrogens with zero attached hydrogens (tertiary/aromatic N) is 1. The SMILES string of the molecule is CCOc1ccccc1NC(=O)C1CCCN(S(=O)(=O)c2ccc(C)cc2)C1. The van der Waals surface area contributed by atoms with Gasteiger partial charge in [0.25, 0.3) is 0 Å². The van der Waals surface area contributed by atoms with Crippen LogP contribution < -0.4 is 10.1 Å². The number of benzene rings is 2.